The van der Waals surface area contributed by atoms with Gasteiger partial charge < -0.3 is 10.6 Å². The monoisotopic (exact) mass is 390 g/mol. The van der Waals surface area contributed by atoms with E-state index in [0.29, 0.717) is 13.0 Å². The van der Waals surface area contributed by atoms with Gasteiger partial charge in [-0.05, 0) is 75.5 Å². The van der Waals surface area contributed by atoms with Crippen molar-refractivity contribution in [3.05, 3.63) is 0 Å². The number of hydrogen-bond donors (Lipinski definition) is 4. The molecule has 0 aromatic rings. The summed E-state index contributed by atoms with van der Waals surface area (Å²) in [6, 6.07) is 0.0894. The molecule has 5 rings (SSSR count). The van der Waals surface area contributed by atoms with Gasteiger partial charge in [0.05, 0.1) is 0 Å². The van der Waals surface area contributed by atoms with Crippen molar-refractivity contribution in [3.8, 4) is 0 Å². The molecule has 0 saturated heterocycles. The van der Waals surface area contributed by atoms with E-state index in [2.05, 4.69) is 21.5 Å². The lowest BCUT2D eigenvalue weighted by molar-refractivity contribution is -0.146. The Kier molecular flexibility index (Phi) is 5.29. The van der Waals surface area contributed by atoms with Crippen molar-refractivity contribution >= 4 is 23.6 Å². The Morgan fingerprint density at radius 1 is 0.821 bits per heavy atom. The zero-order valence-electron chi connectivity index (χ0n) is 16.2. The molecule has 5 saturated carbocycles. The lowest BCUT2D eigenvalue weighted by Crippen LogP contribution is -2.53. The molecule has 4 bridgehead atoms. The van der Waals surface area contributed by atoms with Crippen LogP contribution in [-0.2, 0) is 19.2 Å². The summed E-state index contributed by atoms with van der Waals surface area (Å²) in [4.78, 5) is 47.6. The maximum absolute atomic E-state index is 12.8. The lowest BCUT2D eigenvalue weighted by atomic mass is 9.49. The van der Waals surface area contributed by atoms with Gasteiger partial charge in [0.25, 0.3) is 0 Å². The van der Waals surface area contributed by atoms with Gasteiger partial charge in [0.15, 0.2) is 0 Å². The third kappa shape index (κ3) is 4.31. The number of hydrogen-bond acceptors (Lipinski definition) is 4. The topological polar surface area (TPSA) is 116 Å². The first kappa shape index (κ1) is 19.2. The summed E-state index contributed by atoms with van der Waals surface area (Å²) < 4.78 is 0. The smallest absolute Gasteiger partial charge is 0.327 e. The van der Waals surface area contributed by atoms with Gasteiger partial charge in [-0.25, -0.2) is 0 Å². The van der Waals surface area contributed by atoms with Crippen LogP contribution in [0.2, 0.25) is 0 Å². The third-order valence-corrected chi connectivity index (χ3v) is 6.82. The number of hydrazine groups is 1. The minimum absolute atomic E-state index is 0.0894. The molecule has 0 atom stereocenters. The van der Waals surface area contributed by atoms with Crippen LogP contribution >= 0.6 is 0 Å². The van der Waals surface area contributed by atoms with Crippen molar-refractivity contribution in [2.24, 2.45) is 23.2 Å². The maximum Gasteiger partial charge on any atom is 0.327 e. The van der Waals surface area contributed by atoms with Gasteiger partial charge in [-0.15, -0.1) is 0 Å². The Morgan fingerprint density at radius 3 is 2.00 bits per heavy atom. The van der Waals surface area contributed by atoms with Crippen LogP contribution in [0.4, 0.5) is 0 Å². The van der Waals surface area contributed by atoms with Gasteiger partial charge >= 0.3 is 11.8 Å². The Hall–Kier alpha value is -2.12. The summed E-state index contributed by atoms with van der Waals surface area (Å²) >= 11 is 0. The zero-order chi connectivity index (χ0) is 19.7. The summed E-state index contributed by atoms with van der Waals surface area (Å²) in [7, 11) is 0. The Balaban J connectivity index is 1.12. The van der Waals surface area contributed by atoms with Crippen molar-refractivity contribution in [2.75, 3.05) is 6.54 Å². The molecule has 5 fully saturated rings. The van der Waals surface area contributed by atoms with Gasteiger partial charge in [-0.2, -0.15) is 0 Å². The molecule has 4 N–H and O–H groups in total. The second-order valence-electron chi connectivity index (χ2n) is 9.31. The standard InChI is InChI=1S/C20H30N4O4/c25-16(23-24-18(27)17(26)22-15-3-4-15)2-1-5-21-19(28)20-9-12-6-13(10-20)8-14(7-12)11-20/h12-15H,1-11H2,(H,21,28)(H,22,26)(H,23,25)(H,24,27). The highest BCUT2D eigenvalue weighted by Gasteiger charge is 2.54. The molecule has 5 aliphatic rings. The van der Waals surface area contributed by atoms with Crippen LogP contribution in [-0.4, -0.2) is 36.2 Å². The molecular formula is C20H30N4O4. The summed E-state index contributed by atoms with van der Waals surface area (Å²) in [5, 5.41) is 5.58. The minimum Gasteiger partial charge on any atom is -0.356 e. The molecule has 0 aromatic carbocycles. The van der Waals surface area contributed by atoms with Crippen molar-refractivity contribution in [1.29, 1.82) is 0 Å². The van der Waals surface area contributed by atoms with Crippen molar-refractivity contribution in [1.82, 2.24) is 21.5 Å². The van der Waals surface area contributed by atoms with Crippen LogP contribution in [0.15, 0.2) is 0 Å². The number of rotatable bonds is 6. The fraction of sp³-hybridized carbons (Fsp3) is 0.800. The number of carbonyl (C=O) groups excluding carboxylic acids is 4. The van der Waals surface area contributed by atoms with Crippen LogP contribution in [0, 0.1) is 23.2 Å². The quantitative estimate of drug-likeness (QED) is 0.301. The van der Waals surface area contributed by atoms with Crippen molar-refractivity contribution < 1.29 is 19.2 Å². The lowest BCUT2D eigenvalue weighted by Gasteiger charge is -2.55. The second-order valence-corrected chi connectivity index (χ2v) is 9.31. The van der Waals surface area contributed by atoms with E-state index in [1.165, 1.54) is 19.3 Å². The largest absolute Gasteiger partial charge is 0.356 e. The zero-order valence-corrected chi connectivity index (χ0v) is 16.2. The Bertz CT molecular complexity index is 638. The SMILES string of the molecule is O=C(CCCNC(=O)C12CC3CC(CC(C3)C1)C2)NNC(=O)C(=O)NC1CC1. The molecule has 0 unspecified atom stereocenters. The molecule has 154 valence electrons. The number of carbonyl (C=O) groups is 4. The van der Waals surface area contributed by atoms with E-state index in [0.717, 1.165) is 49.9 Å². The van der Waals surface area contributed by atoms with Crippen molar-refractivity contribution in [3.63, 3.8) is 0 Å². The highest BCUT2D eigenvalue weighted by Crippen LogP contribution is 2.60. The van der Waals surface area contributed by atoms with Gasteiger partial charge in [0.2, 0.25) is 11.8 Å². The van der Waals surface area contributed by atoms with E-state index in [9.17, 15) is 19.2 Å². The van der Waals surface area contributed by atoms with Gasteiger partial charge in [-0.1, -0.05) is 0 Å². The first-order valence-electron chi connectivity index (χ1n) is 10.6. The number of nitrogens with one attached hydrogen (secondary N) is 4. The molecule has 8 heteroatoms. The first-order valence-corrected chi connectivity index (χ1v) is 10.6. The molecule has 5 aliphatic carbocycles. The summed E-state index contributed by atoms with van der Waals surface area (Å²) in [6.07, 6.45) is 9.44. The normalized spacial score (nSPS) is 32.5. The molecule has 0 heterocycles. The average Bonchev–Trinajstić information content (AvgIpc) is 3.45. The second kappa shape index (κ2) is 7.72. The van der Waals surface area contributed by atoms with E-state index in [1.807, 2.05) is 0 Å². The molecule has 0 radical (unpaired) electrons. The summed E-state index contributed by atoms with van der Waals surface area (Å²) in [5.74, 6) is 0.366. The van der Waals surface area contributed by atoms with Gasteiger partial charge in [0, 0.05) is 24.4 Å². The average molecular weight is 390 g/mol. The molecule has 28 heavy (non-hydrogen) atoms. The Morgan fingerprint density at radius 2 is 1.43 bits per heavy atom. The van der Waals surface area contributed by atoms with E-state index in [1.54, 1.807) is 0 Å². The third-order valence-electron chi connectivity index (χ3n) is 6.82. The molecule has 0 aromatic heterocycles. The van der Waals surface area contributed by atoms with Gasteiger partial charge in [0.1, 0.15) is 0 Å². The van der Waals surface area contributed by atoms with Crippen LogP contribution in [0.1, 0.15) is 64.2 Å². The highest BCUT2D eigenvalue weighted by atomic mass is 16.2. The van der Waals surface area contributed by atoms with Crippen LogP contribution in [0.3, 0.4) is 0 Å². The predicted octanol–water partition coefficient (Wildman–Crippen LogP) is 0.525. The van der Waals surface area contributed by atoms with E-state index >= 15 is 0 Å². The van der Waals surface area contributed by atoms with E-state index in [-0.39, 0.29) is 29.7 Å². The van der Waals surface area contributed by atoms with Crippen LogP contribution < -0.4 is 21.5 Å². The van der Waals surface area contributed by atoms with Crippen LogP contribution in [0.5, 0.6) is 0 Å². The van der Waals surface area contributed by atoms with E-state index < -0.39 is 11.8 Å². The van der Waals surface area contributed by atoms with Gasteiger partial charge in [-0.3, -0.25) is 30.0 Å². The fourth-order valence-electron chi connectivity index (χ4n) is 5.75. The molecule has 4 amide bonds. The molecule has 0 aliphatic heterocycles. The van der Waals surface area contributed by atoms with Crippen LogP contribution in [0.25, 0.3) is 0 Å². The highest BCUT2D eigenvalue weighted by molar-refractivity contribution is 6.35. The molecule has 0 spiro atoms. The summed E-state index contributed by atoms with van der Waals surface area (Å²) in [5.41, 5.74) is 4.19. The molecular weight excluding hydrogens is 360 g/mol. The van der Waals surface area contributed by atoms with Crippen molar-refractivity contribution in [2.45, 2.75) is 70.3 Å². The summed E-state index contributed by atoms with van der Waals surface area (Å²) in [6.45, 7) is 0.449. The molecule has 8 nitrogen and oxygen atoms in total. The minimum atomic E-state index is -0.865. The fourth-order valence-corrected chi connectivity index (χ4v) is 5.75. The maximum atomic E-state index is 12.8. The predicted molar refractivity (Wildman–Crippen MR) is 100 cm³/mol. The number of amides is 4. The Labute approximate surface area is 164 Å². The first-order chi connectivity index (χ1) is 13.4. The van der Waals surface area contributed by atoms with E-state index in [4.69, 9.17) is 0 Å².